The Balaban J connectivity index is 2.10. The highest BCUT2D eigenvalue weighted by atomic mass is 79.9. The molecule has 1 aromatic heterocycles. The van der Waals surface area contributed by atoms with Crippen molar-refractivity contribution in [3.8, 4) is 0 Å². The van der Waals surface area contributed by atoms with Crippen molar-refractivity contribution in [1.82, 2.24) is 15.2 Å². The maximum Gasteiger partial charge on any atom is 0.413 e. The van der Waals surface area contributed by atoms with E-state index in [2.05, 4.69) is 26.2 Å². The summed E-state index contributed by atoms with van der Waals surface area (Å²) in [5.41, 5.74) is -0.758. The summed E-state index contributed by atoms with van der Waals surface area (Å²) in [4.78, 5) is 30.9. The Bertz CT molecular complexity index is 764. The van der Waals surface area contributed by atoms with Crippen LogP contribution in [0.1, 0.15) is 33.6 Å². The molecule has 8 nitrogen and oxygen atoms in total. The highest BCUT2D eigenvalue weighted by molar-refractivity contribution is 9.11. The fourth-order valence-electron chi connectivity index (χ4n) is 3.21. The maximum absolute atomic E-state index is 12.9. The number of thiazole rings is 1. The third-order valence-corrected chi connectivity index (χ3v) is 6.08. The zero-order valence-corrected chi connectivity index (χ0v) is 19.8. The van der Waals surface area contributed by atoms with E-state index in [-0.39, 0.29) is 44.2 Å². The second-order valence-corrected chi connectivity index (χ2v) is 10.7. The van der Waals surface area contributed by atoms with Crippen LogP contribution in [0.25, 0.3) is 0 Å². The van der Waals surface area contributed by atoms with Gasteiger partial charge >= 0.3 is 18.4 Å². The number of hydrogen-bond acceptors (Lipinski definition) is 6. The van der Waals surface area contributed by atoms with E-state index in [1.165, 1.54) is 6.20 Å². The zero-order valence-electron chi connectivity index (χ0n) is 17.4. The minimum Gasteiger partial charge on any atom is -0.465 e. The molecule has 1 aromatic rings. The van der Waals surface area contributed by atoms with Gasteiger partial charge in [0, 0.05) is 6.54 Å². The van der Waals surface area contributed by atoms with Crippen molar-refractivity contribution in [2.45, 2.75) is 51.4 Å². The van der Waals surface area contributed by atoms with Gasteiger partial charge in [-0.15, -0.1) is 0 Å². The van der Waals surface area contributed by atoms with Crippen LogP contribution in [0, 0.1) is 5.92 Å². The second-order valence-electron chi connectivity index (χ2n) is 8.30. The summed E-state index contributed by atoms with van der Waals surface area (Å²) >= 11 is 4.35. The molecule has 31 heavy (non-hydrogen) atoms. The number of piperidine rings is 1. The molecule has 0 radical (unpaired) electrons. The number of anilines is 1. The van der Waals surface area contributed by atoms with Crippen molar-refractivity contribution in [1.29, 1.82) is 0 Å². The molecule has 0 aromatic carbocycles. The number of alkyl carbamates (subject to hydrolysis) is 1. The number of halogens is 4. The molecule has 0 spiro atoms. The molecule has 2 rings (SSSR count). The summed E-state index contributed by atoms with van der Waals surface area (Å²) in [5, 5.41) is 12.5. The average Bonchev–Trinajstić information content (AvgIpc) is 3.03. The van der Waals surface area contributed by atoms with Crippen LogP contribution in [-0.4, -0.2) is 71.2 Å². The first-order chi connectivity index (χ1) is 14.2. The second kappa shape index (κ2) is 10.3. The zero-order chi connectivity index (χ0) is 23.4. The number of rotatable bonds is 6. The lowest BCUT2D eigenvalue weighted by Crippen LogP contribution is -2.53. The van der Waals surface area contributed by atoms with Gasteiger partial charge in [0.05, 0.1) is 28.5 Å². The Morgan fingerprint density at radius 3 is 2.45 bits per heavy atom. The molecule has 1 fully saturated rings. The van der Waals surface area contributed by atoms with Crippen LogP contribution in [-0.2, 0) is 4.74 Å². The number of alkyl halides is 3. The van der Waals surface area contributed by atoms with Gasteiger partial charge in [-0.05, 0) is 62.6 Å². The van der Waals surface area contributed by atoms with Crippen LogP contribution in [0.15, 0.2) is 9.98 Å². The molecule has 0 unspecified atom stereocenters. The molecule has 1 aliphatic heterocycles. The number of ether oxygens (including phenoxy) is 1. The minimum absolute atomic E-state index is 0.0370. The van der Waals surface area contributed by atoms with E-state index in [1.807, 2.05) is 0 Å². The van der Waals surface area contributed by atoms with E-state index in [4.69, 9.17) is 4.74 Å². The summed E-state index contributed by atoms with van der Waals surface area (Å²) in [6.07, 6.45) is -4.82. The summed E-state index contributed by atoms with van der Waals surface area (Å²) in [6, 6.07) is -0.712. The van der Waals surface area contributed by atoms with E-state index in [0.717, 1.165) is 16.2 Å². The van der Waals surface area contributed by atoms with Crippen LogP contribution in [0.4, 0.5) is 27.9 Å². The Hall–Kier alpha value is -1.60. The van der Waals surface area contributed by atoms with Crippen molar-refractivity contribution in [2.24, 2.45) is 5.92 Å². The Morgan fingerprint density at radius 2 is 2.00 bits per heavy atom. The van der Waals surface area contributed by atoms with E-state index in [0.29, 0.717) is 3.79 Å². The molecule has 1 aliphatic rings. The number of aromatic nitrogens is 1. The van der Waals surface area contributed by atoms with Crippen LogP contribution >= 0.6 is 27.3 Å². The van der Waals surface area contributed by atoms with Crippen molar-refractivity contribution in [2.75, 3.05) is 31.1 Å². The van der Waals surface area contributed by atoms with Gasteiger partial charge in [0.15, 0.2) is 5.13 Å². The van der Waals surface area contributed by atoms with Gasteiger partial charge in [-0.1, -0.05) is 11.3 Å². The van der Waals surface area contributed by atoms with Gasteiger partial charge < -0.3 is 20.1 Å². The first-order valence-electron chi connectivity index (χ1n) is 9.65. The van der Waals surface area contributed by atoms with E-state index < -0.39 is 35.9 Å². The Kier molecular flexibility index (Phi) is 8.56. The molecule has 176 valence electrons. The predicted molar refractivity (Wildman–Crippen MR) is 114 cm³/mol. The molecule has 0 bridgehead atoms. The lowest BCUT2D eigenvalue weighted by atomic mass is 9.96. The molecule has 0 saturated carbocycles. The predicted octanol–water partition coefficient (Wildman–Crippen LogP) is 4.56. The topological polar surface area (TPSA) is 95.0 Å². The Morgan fingerprint density at radius 1 is 1.39 bits per heavy atom. The molecule has 2 heterocycles. The maximum atomic E-state index is 12.9. The Labute approximate surface area is 190 Å². The number of carbonyl (C=O) groups excluding carboxylic acids is 1. The van der Waals surface area contributed by atoms with Crippen LogP contribution in [0.2, 0.25) is 0 Å². The number of carboxylic acid groups (broad SMARTS) is 1. The van der Waals surface area contributed by atoms with Crippen molar-refractivity contribution >= 4 is 44.6 Å². The molecular formula is C18H26BrF3N4O4S. The number of likely N-dealkylation sites (tertiary alicyclic amines) is 1. The van der Waals surface area contributed by atoms with E-state index >= 15 is 0 Å². The first-order valence-corrected chi connectivity index (χ1v) is 11.3. The summed E-state index contributed by atoms with van der Waals surface area (Å²) in [6.45, 7) is 5.54. The van der Waals surface area contributed by atoms with E-state index in [1.54, 1.807) is 25.7 Å². The number of hydrogen-bond donors (Lipinski definition) is 2. The normalized spacial score (nSPS) is 17.3. The highest BCUT2D eigenvalue weighted by Crippen LogP contribution is 2.34. The molecule has 13 heteroatoms. The SMILES string of the molecule is CC(C)(C)OC(=O)N[C@H](CN1CCC(C(F)(F)F)CC1)CN(C(=O)O)c1ncc(Br)s1. The van der Waals surface area contributed by atoms with Gasteiger partial charge in [-0.2, -0.15) is 13.2 Å². The lowest BCUT2D eigenvalue weighted by Gasteiger charge is -2.36. The average molecular weight is 531 g/mol. The highest BCUT2D eigenvalue weighted by Gasteiger charge is 2.41. The van der Waals surface area contributed by atoms with Gasteiger partial charge in [0.1, 0.15) is 5.60 Å². The van der Waals surface area contributed by atoms with Crippen LogP contribution in [0.3, 0.4) is 0 Å². The van der Waals surface area contributed by atoms with Gasteiger partial charge in [0.2, 0.25) is 0 Å². The van der Waals surface area contributed by atoms with Gasteiger partial charge in [-0.3, -0.25) is 4.90 Å². The first kappa shape index (κ1) is 25.7. The van der Waals surface area contributed by atoms with Gasteiger partial charge in [0.25, 0.3) is 0 Å². The van der Waals surface area contributed by atoms with Crippen molar-refractivity contribution in [3.63, 3.8) is 0 Å². The molecule has 0 aliphatic carbocycles. The minimum atomic E-state index is -4.22. The third-order valence-electron chi connectivity index (χ3n) is 4.58. The van der Waals surface area contributed by atoms with E-state index in [9.17, 15) is 27.9 Å². The third kappa shape index (κ3) is 8.45. The molecule has 2 amide bonds. The number of nitrogens with zero attached hydrogens (tertiary/aromatic N) is 3. The monoisotopic (exact) mass is 530 g/mol. The molecular weight excluding hydrogens is 505 g/mol. The summed E-state index contributed by atoms with van der Waals surface area (Å²) in [7, 11) is 0. The smallest absolute Gasteiger partial charge is 0.413 e. The largest absolute Gasteiger partial charge is 0.465 e. The van der Waals surface area contributed by atoms with Crippen molar-refractivity contribution < 1.29 is 32.6 Å². The fourth-order valence-corrected chi connectivity index (χ4v) is 4.39. The van der Waals surface area contributed by atoms with Crippen molar-refractivity contribution in [3.05, 3.63) is 9.98 Å². The fraction of sp³-hybridized carbons (Fsp3) is 0.722. The van der Waals surface area contributed by atoms with Crippen LogP contribution in [0.5, 0.6) is 0 Å². The standard InChI is InChI=1S/C18H26BrF3N4O4S/c1-17(2,3)30-15(27)24-12(9-25-6-4-11(5-7-25)18(20,21)22)10-26(16(28)29)14-23-8-13(19)31-14/h8,11-12H,4-7,9-10H2,1-3H3,(H,24,27)(H,28,29)/t12-/m1/s1. The summed E-state index contributed by atoms with van der Waals surface area (Å²) in [5.74, 6) is -1.34. The molecule has 1 atom stereocenters. The number of nitrogens with one attached hydrogen (secondary N) is 1. The summed E-state index contributed by atoms with van der Waals surface area (Å²) < 4.78 is 44.7. The molecule has 1 saturated heterocycles. The van der Waals surface area contributed by atoms with Gasteiger partial charge in [-0.25, -0.2) is 14.6 Å². The number of amides is 2. The quantitative estimate of drug-likeness (QED) is 0.559. The lowest BCUT2D eigenvalue weighted by molar-refractivity contribution is -0.185. The van der Waals surface area contributed by atoms with Crippen LogP contribution < -0.4 is 10.2 Å². The molecule has 2 N–H and O–H groups in total. The number of carbonyl (C=O) groups is 2.